The molecule has 2 N–H and O–H groups in total. The minimum Gasteiger partial charge on any atom is -0.454 e. The van der Waals surface area contributed by atoms with E-state index >= 15 is 0 Å². The summed E-state index contributed by atoms with van der Waals surface area (Å²) >= 11 is 0. The standard InChI is InChI=1S/C17H25NO14S/c1-8(19)27-12-13(28-9(2)20)15(30-11(4)22)31-16(14(12)29-10(3)21)32-17(23)18-6-5-7-33(24,25)26/h12-16H,5-7H2,1-4H3,(H,18,23)(H,24,25,26)/t12-,13-,14+,15-,16?/m0/s1. The van der Waals surface area contributed by atoms with Gasteiger partial charge in [-0.05, 0) is 6.42 Å². The first-order chi connectivity index (χ1) is 15.2. The topological polar surface area (TPSA) is 207 Å². The van der Waals surface area contributed by atoms with Gasteiger partial charge in [0, 0.05) is 34.2 Å². The molecule has 0 spiro atoms. The lowest BCUT2D eigenvalue weighted by Crippen LogP contribution is -2.63. The Morgan fingerprint density at radius 1 is 0.758 bits per heavy atom. The quantitative estimate of drug-likeness (QED) is 0.169. The largest absolute Gasteiger partial charge is 0.454 e. The van der Waals surface area contributed by atoms with Crippen molar-refractivity contribution in [3.8, 4) is 0 Å². The highest BCUT2D eigenvalue weighted by Crippen LogP contribution is 2.30. The number of alkyl carbamates (subject to hydrolysis) is 1. The summed E-state index contributed by atoms with van der Waals surface area (Å²) in [5, 5.41) is 2.17. The molecule has 1 rings (SSSR count). The fourth-order valence-electron chi connectivity index (χ4n) is 2.68. The average molecular weight is 499 g/mol. The van der Waals surface area contributed by atoms with Gasteiger partial charge in [0.15, 0.2) is 6.10 Å². The Bertz CT molecular complexity index is 856. The first-order valence-corrected chi connectivity index (χ1v) is 11.0. The highest BCUT2D eigenvalue weighted by atomic mass is 32.2. The Hall–Kier alpha value is -2.98. The smallest absolute Gasteiger partial charge is 0.409 e. The van der Waals surface area contributed by atoms with E-state index < -0.39 is 76.7 Å². The van der Waals surface area contributed by atoms with Crippen LogP contribution in [-0.2, 0) is 57.7 Å². The Balaban J connectivity index is 3.14. The van der Waals surface area contributed by atoms with E-state index in [-0.39, 0.29) is 13.0 Å². The van der Waals surface area contributed by atoms with Gasteiger partial charge in [-0.3, -0.25) is 28.5 Å². The van der Waals surface area contributed by atoms with Gasteiger partial charge in [0.1, 0.15) is 0 Å². The molecule has 1 aliphatic rings. The highest BCUT2D eigenvalue weighted by molar-refractivity contribution is 7.85. The van der Waals surface area contributed by atoms with Gasteiger partial charge in [-0.1, -0.05) is 0 Å². The predicted octanol–water partition coefficient (Wildman–Crippen LogP) is -0.969. The van der Waals surface area contributed by atoms with Crippen LogP contribution in [0.4, 0.5) is 4.79 Å². The van der Waals surface area contributed by atoms with E-state index in [0.717, 1.165) is 27.7 Å². The van der Waals surface area contributed by atoms with Crippen LogP contribution in [0.25, 0.3) is 0 Å². The second-order valence-electron chi connectivity index (χ2n) is 6.68. The molecule has 1 amide bonds. The van der Waals surface area contributed by atoms with Crippen LogP contribution in [-0.4, -0.2) is 86.1 Å². The second kappa shape index (κ2) is 12.3. The van der Waals surface area contributed by atoms with E-state index in [2.05, 4.69) is 5.32 Å². The maximum Gasteiger partial charge on any atom is 0.409 e. The third kappa shape index (κ3) is 10.5. The number of ether oxygens (including phenoxy) is 6. The van der Waals surface area contributed by atoms with Crippen LogP contribution in [0, 0.1) is 0 Å². The van der Waals surface area contributed by atoms with Gasteiger partial charge in [0.05, 0.1) is 5.75 Å². The predicted molar refractivity (Wildman–Crippen MR) is 103 cm³/mol. The molecule has 188 valence electrons. The number of rotatable bonds is 9. The second-order valence-corrected chi connectivity index (χ2v) is 8.25. The molecule has 1 unspecified atom stereocenters. The lowest BCUT2D eigenvalue weighted by atomic mass is 10.0. The molecule has 0 bridgehead atoms. The SMILES string of the molecule is CC(=O)O[C@H]1OC(OC(=O)NCCCS(=O)(=O)O)[C@H](OC(C)=O)[C@@H](OC(C)=O)[C@@H]1OC(C)=O. The molecule has 0 aromatic carbocycles. The molecule has 0 radical (unpaired) electrons. The molecule has 33 heavy (non-hydrogen) atoms. The van der Waals surface area contributed by atoms with E-state index in [9.17, 15) is 32.4 Å². The first kappa shape index (κ1) is 28.1. The molecule has 15 nitrogen and oxygen atoms in total. The molecule has 5 atom stereocenters. The third-order valence-electron chi connectivity index (χ3n) is 3.71. The molecular weight excluding hydrogens is 474 g/mol. The minimum absolute atomic E-state index is 0.159. The van der Waals surface area contributed by atoms with Gasteiger partial charge in [0.25, 0.3) is 10.1 Å². The van der Waals surface area contributed by atoms with Crippen LogP contribution in [0.1, 0.15) is 34.1 Å². The van der Waals surface area contributed by atoms with Crippen LogP contribution in [0.5, 0.6) is 0 Å². The van der Waals surface area contributed by atoms with Gasteiger partial charge in [0.2, 0.25) is 24.8 Å². The molecule has 0 aliphatic carbocycles. The Morgan fingerprint density at radius 2 is 1.18 bits per heavy atom. The summed E-state index contributed by atoms with van der Waals surface area (Å²) in [6, 6.07) is 0. The minimum atomic E-state index is -4.24. The van der Waals surface area contributed by atoms with Gasteiger partial charge in [-0.2, -0.15) is 8.42 Å². The van der Waals surface area contributed by atoms with Crippen LogP contribution in [0.15, 0.2) is 0 Å². The number of carbonyl (C=O) groups excluding carboxylic acids is 5. The molecule has 16 heteroatoms. The number of hydrogen-bond acceptors (Lipinski definition) is 13. The fourth-order valence-corrected chi connectivity index (χ4v) is 3.19. The van der Waals surface area contributed by atoms with E-state index in [1.54, 1.807) is 0 Å². The van der Waals surface area contributed by atoms with Crippen molar-refractivity contribution in [2.45, 2.75) is 65.0 Å². The van der Waals surface area contributed by atoms with E-state index in [1.807, 2.05) is 0 Å². The molecular formula is C17H25NO14S. The average Bonchev–Trinajstić information content (AvgIpc) is 2.62. The lowest BCUT2D eigenvalue weighted by molar-refractivity contribution is -0.333. The highest BCUT2D eigenvalue weighted by Gasteiger charge is 2.55. The molecule has 1 saturated heterocycles. The van der Waals surface area contributed by atoms with Crippen molar-refractivity contribution < 1.29 is 65.4 Å². The van der Waals surface area contributed by atoms with Crippen LogP contribution < -0.4 is 5.32 Å². The number of esters is 4. The van der Waals surface area contributed by atoms with Crippen LogP contribution >= 0.6 is 0 Å². The van der Waals surface area contributed by atoms with Crippen molar-refractivity contribution >= 4 is 40.1 Å². The summed E-state index contributed by atoms with van der Waals surface area (Å²) in [6.45, 7) is 3.78. The van der Waals surface area contributed by atoms with Crippen molar-refractivity contribution in [1.29, 1.82) is 0 Å². The number of hydrogen-bond donors (Lipinski definition) is 2. The lowest BCUT2D eigenvalue weighted by Gasteiger charge is -2.42. The van der Waals surface area contributed by atoms with Crippen molar-refractivity contribution in [2.24, 2.45) is 0 Å². The summed E-state index contributed by atoms with van der Waals surface area (Å²) < 4.78 is 60.7. The zero-order valence-electron chi connectivity index (χ0n) is 18.2. The summed E-state index contributed by atoms with van der Waals surface area (Å²) in [7, 11) is -4.24. The van der Waals surface area contributed by atoms with E-state index in [4.69, 9.17) is 33.0 Å². The molecule has 1 aliphatic heterocycles. The number of carbonyl (C=O) groups is 5. The summed E-state index contributed by atoms with van der Waals surface area (Å²) in [5.41, 5.74) is 0. The van der Waals surface area contributed by atoms with Crippen LogP contribution in [0.2, 0.25) is 0 Å². The molecule has 0 aromatic rings. The number of amides is 1. The maximum atomic E-state index is 12.1. The van der Waals surface area contributed by atoms with E-state index in [1.165, 1.54) is 0 Å². The Kier molecular flexibility index (Phi) is 10.5. The zero-order valence-corrected chi connectivity index (χ0v) is 19.0. The van der Waals surface area contributed by atoms with Gasteiger partial charge < -0.3 is 29.0 Å². The van der Waals surface area contributed by atoms with Crippen molar-refractivity contribution in [2.75, 3.05) is 12.3 Å². The molecule has 1 fully saturated rings. The molecule has 1 heterocycles. The van der Waals surface area contributed by atoms with Crippen molar-refractivity contribution in [3.63, 3.8) is 0 Å². The summed E-state index contributed by atoms with van der Waals surface area (Å²) in [5.74, 6) is -4.20. The summed E-state index contributed by atoms with van der Waals surface area (Å²) in [6.07, 6.45) is -9.71. The van der Waals surface area contributed by atoms with Crippen molar-refractivity contribution in [1.82, 2.24) is 5.32 Å². The maximum absolute atomic E-state index is 12.1. The Morgan fingerprint density at radius 3 is 1.61 bits per heavy atom. The molecule has 0 saturated carbocycles. The monoisotopic (exact) mass is 499 g/mol. The zero-order chi connectivity index (χ0) is 25.3. The van der Waals surface area contributed by atoms with Gasteiger partial charge in [-0.15, -0.1) is 0 Å². The first-order valence-electron chi connectivity index (χ1n) is 9.43. The van der Waals surface area contributed by atoms with Gasteiger partial charge >= 0.3 is 30.0 Å². The number of nitrogens with one attached hydrogen (secondary N) is 1. The summed E-state index contributed by atoms with van der Waals surface area (Å²) in [4.78, 5) is 58.4. The third-order valence-corrected chi connectivity index (χ3v) is 4.52. The Labute approximate surface area is 188 Å². The molecule has 0 aromatic heterocycles. The van der Waals surface area contributed by atoms with Crippen LogP contribution in [0.3, 0.4) is 0 Å². The van der Waals surface area contributed by atoms with Crippen molar-refractivity contribution in [3.05, 3.63) is 0 Å². The van der Waals surface area contributed by atoms with Gasteiger partial charge in [-0.25, -0.2) is 4.79 Å². The fraction of sp³-hybridized carbons (Fsp3) is 0.706. The van der Waals surface area contributed by atoms with E-state index in [0.29, 0.717) is 0 Å². The normalized spacial score (nSPS) is 24.7.